The van der Waals surface area contributed by atoms with Crippen LogP contribution in [0.1, 0.15) is 43.1 Å². The Morgan fingerprint density at radius 2 is 1.95 bits per heavy atom. The number of para-hydroxylation sites is 1. The van der Waals surface area contributed by atoms with Crippen molar-refractivity contribution in [2.24, 2.45) is 5.10 Å². The van der Waals surface area contributed by atoms with E-state index in [-0.39, 0.29) is 24.0 Å². The van der Waals surface area contributed by atoms with Crippen LogP contribution in [0.3, 0.4) is 0 Å². The number of hydrogen-bond acceptors (Lipinski definition) is 6. The molecule has 1 N–H and O–H groups in total. The van der Waals surface area contributed by atoms with E-state index in [0.29, 0.717) is 28.0 Å². The van der Waals surface area contributed by atoms with Crippen LogP contribution in [0, 0.1) is 6.92 Å². The van der Waals surface area contributed by atoms with Gasteiger partial charge in [-0.1, -0.05) is 48.0 Å². The molecule has 202 valence electrons. The summed E-state index contributed by atoms with van der Waals surface area (Å²) in [5, 5.41) is 7.93. The van der Waals surface area contributed by atoms with Crippen molar-refractivity contribution in [2.45, 2.75) is 33.1 Å². The van der Waals surface area contributed by atoms with Gasteiger partial charge in [-0.3, -0.25) is 9.59 Å². The quantitative estimate of drug-likeness (QED) is 0.244. The van der Waals surface area contributed by atoms with Crippen LogP contribution in [0.2, 0.25) is 0 Å². The van der Waals surface area contributed by atoms with Crippen molar-refractivity contribution < 1.29 is 9.53 Å². The highest BCUT2D eigenvalue weighted by Crippen LogP contribution is 2.25. The van der Waals surface area contributed by atoms with Crippen molar-refractivity contribution in [1.29, 1.82) is 0 Å². The molecule has 4 rings (SSSR count). The summed E-state index contributed by atoms with van der Waals surface area (Å²) in [6.07, 6.45) is 2.37. The first-order chi connectivity index (χ1) is 18.7. The fourth-order valence-corrected chi connectivity index (χ4v) is 4.34. The third-order valence-electron chi connectivity index (χ3n) is 6.49. The Morgan fingerprint density at radius 1 is 1.18 bits per heavy atom. The van der Waals surface area contributed by atoms with Crippen LogP contribution in [-0.2, 0) is 4.79 Å². The number of fused-ring (bicyclic) bond motifs is 1. The van der Waals surface area contributed by atoms with E-state index in [1.165, 1.54) is 4.68 Å². The highest BCUT2D eigenvalue weighted by molar-refractivity contribution is 9.10. The number of rotatable bonds is 9. The van der Waals surface area contributed by atoms with Crippen LogP contribution >= 0.6 is 15.9 Å². The Hall–Kier alpha value is -3.98. The molecule has 0 spiro atoms. The lowest BCUT2D eigenvalue weighted by Crippen LogP contribution is -2.24. The van der Waals surface area contributed by atoms with E-state index in [0.717, 1.165) is 27.8 Å². The summed E-state index contributed by atoms with van der Waals surface area (Å²) in [6.45, 7) is 5.81. The van der Waals surface area contributed by atoms with Gasteiger partial charge in [-0.25, -0.2) is 4.98 Å². The van der Waals surface area contributed by atoms with Crippen LogP contribution < -0.4 is 20.5 Å². The summed E-state index contributed by atoms with van der Waals surface area (Å²) < 4.78 is 8.12. The molecule has 8 nitrogen and oxygen atoms in total. The average Bonchev–Trinajstić information content (AvgIpc) is 2.92. The SMILES string of the molecule is CC[C@@H](C)c1nc2ccc(Br)cc2c(=O)n1N=Cc1ccc(N(C)C)cc1OCC(=O)Nc1ccccc1C. The van der Waals surface area contributed by atoms with Gasteiger partial charge in [-0.2, -0.15) is 9.78 Å². The van der Waals surface area contributed by atoms with Crippen LogP contribution in [0.25, 0.3) is 10.9 Å². The molecular weight excluding hydrogens is 558 g/mol. The second kappa shape index (κ2) is 12.3. The van der Waals surface area contributed by atoms with Gasteiger partial charge in [0.15, 0.2) is 6.61 Å². The largest absolute Gasteiger partial charge is 0.483 e. The highest BCUT2D eigenvalue weighted by atomic mass is 79.9. The molecule has 0 aliphatic rings. The summed E-state index contributed by atoms with van der Waals surface area (Å²) in [5.74, 6) is 0.792. The number of carbonyl (C=O) groups is 1. The maximum absolute atomic E-state index is 13.5. The highest BCUT2D eigenvalue weighted by Gasteiger charge is 2.16. The summed E-state index contributed by atoms with van der Waals surface area (Å²) in [5.41, 5.74) is 3.60. The predicted octanol–water partition coefficient (Wildman–Crippen LogP) is 5.95. The van der Waals surface area contributed by atoms with Crippen molar-refractivity contribution in [3.63, 3.8) is 0 Å². The third-order valence-corrected chi connectivity index (χ3v) is 6.98. The zero-order valence-corrected chi connectivity index (χ0v) is 24.3. The molecule has 0 unspecified atom stereocenters. The molecule has 39 heavy (non-hydrogen) atoms. The van der Waals surface area contributed by atoms with Crippen molar-refractivity contribution in [2.75, 3.05) is 30.9 Å². The maximum atomic E-state index is 13.5. The Bertz CT molecular complexity index is 1600. The lowest BCUT2D eigenvalue weighted by molar-refractivity contribution is -0.118. The Labute approximate surface area is 236 Å². The van der Waals surface area contributed by atoms with Crippen LogP contribution in [0.5, 0.6) is 5.75 Å². The first kappa shape index (κ1) is 28.0. The minimum Gasteiger partial charge on any atom is -0.483 e. The number of aromatic nitrogens is 2. The van der Waals surface area contributed by atoms with Crippen molar-refractivity contribution >= 4 is 50.3 Å². The summed E-state index contributed by atoms with van der Waals surface area (Å²) in [6, 6.07) is 18.6. The van der Waals surface area contributed by atoms with Gasteiger partial charge in [0.25, 0.3) is 11.5 Å². The zero-order valence-electron chi connectivity index (χ0n) is 22.7. The van der Waals surface area contributed by atoms with Gasteiger partial charge in [0, 0.05) is 47.5 Å². The van der Waals surface area contributed by atoms with Gasteiger partial charge in [0.1, 0.15) is 11.6 Å². The molecule has 0 radical (unpaired) electrons. The van der Waals surface area contributed by atoms with E-state index in [9.17, 15) is 9.59 Å². The van der Waals surface area contributed by atoms with Gasteiger partial charge >= 0.3 is 0 Å². The first-order valence-corrected chi connectivity index (χ1v) is 13.5. The van der Waals surface area contributed by atoms with E-state index in [1.54, 1.807) is 12.3 Å². The fraction of sp³-hybridized carbons (Fsp3) is 0.267. The molecule has 0 saturated heterocycles. The second-order valence-corrected chi connectivity index (χ2v) is 10.5. The minimum atomic E-state index is -0.276. The molecule has 4 aromatic rings. The smallest absolute Gasteiger partial charge is 0.282 e. The van der Waals surface area contributed by atoms with E-state index in [4.69, 9.17) is 9.72 Å². The molecule has 0 fully saturated rings. The molecule has 1 heterocycles. The topological polar surface area (TPSA) is 88.8 Å². The normalized spacial score (nSPS) is 12.1. The lowest BCUT2D eigenvalue weighted by Gasteiger charge is -2.17. The molecule has 0 saturated carbocycles. The summed E-state index contributed by atoms with van der Waals surface area (Å²) >= 11 is 3.44. The summed E-state index contributed by atoms with van der Waals surface area (Å²) in [7, 11) is 3.85. The van der Waals surface area contributed by atoms with Crippen LogP contribution in [-0.4, -0.2) is 42.5 Å². The number of nitrogens with zero attached hydrogens (tertiary/aromatic N) is 4. The Balaban J connectivity index is 1.68. The van der Waals surface area contributed by atoms with Crippen LogP contribution in [0.15, 0.2) is 75.0 Å². The van der Waals surface area contributed by atoms with Crippen molar-refractivity contribution in [3.05, 3.63) is 92.4 Å². The number of anilines is 2. The fourth-order valence-electron chi connectivity index (χ4n) is 3.97. The number of halogens is 1. The molecule has 0 bridgehead atoms. The second-order valence-electron chi connectivity index (χ2n) is 9.57. The maximum Gasteiger partial charge on any atom is 0.282 e. The van der Waals surface area contributed by atoms with Crippen molar-refractivity contribution in [1.82, 2.24) is 9.66 Å². The van der Waals surface area contributed by atoms with Gasteiger partial charge < -0.3 is 15.0 Å². The van der Waals surface area contributed by atoms with E-state index in [2.05, 4.69) is 26.3 Å². The molecule has 0 aliphatic heterocycles. The Kier molecular flexibility index (Phi) is 8.81. The zero-order chi connectivity index (χ0) is 28.1. The number of aryl methyl sites for hydroxylation is 1. The molecule has 1 atom stereocenters. The standard InChI is InChI=1S/C30H32BrN5O3/c1-6-19(2)29-34-26-14-12-22(31)15-24(26)30(38)36(29)32-17-21-11-13-23(35(4)5)16-27(21)39-18-28(37)33-25-10-8-7-9-20(25)3/h7-17,19H,6,18H2,1-5H3,(H,33,37)/t19-/m1/s1. The van der Waals surface area contributed by atoms with E-state index in [1.807, 2.05) is 94.4 Å². The first-order valence-electron chi connectivity index (χ1n) is 12.7. The molecule has 9 heteroatoms. The Morgan fingerprint density at radius 3 is 2.67 bits per heavy atom. The molecule has 0 aliphatic carbocycles. The molecule has 3 aromatic carbocycles. The molecular formula is C30H32BrN5O3. The van der Waals surface area contributed by atoms with Gasteiger partial charge in [-0.15, -0.1) is 0 Å². The average molecular weight is 591 g/mol. The number of hydrogen-bond donors (Lipinski definition) is 1. The van der Waals surface area contributed by atoms with E-state index >= 15 is 0 Å². The lowest BCUT2D eigenvalue weighted by atomic mass is 10.1. The number of nitrogens with one attached hydrogen (secondary N) is 1. The molecule has 1 aromatic heterocycles. The minimum absolute atomic E-state index is 0.0138. The van der Waals surface area contributed by atoms with Crippen LogP contribution in [0.4, 0.5) is 11.4 Å². The monoisotopic (exact) mass is 589 g/mol. The predicted molar refractivity (Wildman–Crippen MR) is 161 cm³/mol. The number of ether oxygens (including phenoxy) is 1. The summed E-state index contributed by atoms with van der Waals surface area (Å²) in [4.78, 5) is 32.9. The van der Waals surface area contributed by atoms with Gasteiger partial charge in [0.2, 0.25) is 0 Å². The number of carbonyl (C=O) groups excluding carboxylic acids is 1. The third kappa shape index (κ3) is 6.54. The number of benzene rings is 3. The van der Waals surface area contributed by atoms with Gasteiger partial charge in [0.05, 0.1) is 17.1 Å². The molecule has 1 amide bonds. The van der Waals surface area contributed by atoms with E-state index < -0.39 is 0 Å². The number of amides is 1. The van der Waals surface area contributed by atoms with Crippen molar-refractivity contribution in [3.8, 4) is 5.75 Å². The van der Waals surface area contributed by atoms with Gasteiger partial charge in [-0.05, 0) is 55.3 Å².